The van der Waals surface area contributed by atoms with E-state index in [0.29, 0.717) is 19.3 Å². The highest BCUT2D eigenvalue weighted by Crippen LogP contribution is 2.33. The lowest BCUT2D eigenvalue weighted by Gasteiger charge is -2.21. The molecule has 4 nitrogen and oxygen atoms in total. The minimum absolute atomic E-state index is 0.0216. The molecule has 0 aliphatic heterocycles. The predicted molar refractivity (Wildman–Crippen MR) is 128 cm³/mol. The topological polar surface area (TPSA) is 60.4 Å². The van der Waals surface area contributed by atoms with Crippen LogP contribution in [0.25, 0.3) is 0 Å². The highest BCUT2D eigenvalue weighted by atomic mass is 19.3. The normalized spacial score (nSPS) is 18.8. The van der Waals surface area contributed by atoms with Crippen LogP contribution in [0.4, 0.5) is 8.78 Å². The van der Waals surface area contributed by atoms with Crippen LogP contribution in [0.3, 0.4) is 0 Å². The molecule has 0 aromatic heterocycles. The number of rotatable bonds is 16. The van der Waals surface area contributed by atoms with Crippen molar-refractivity contribution in [1.29, 1.82) is 0 Å². The largest absolute Gasteiger partial charge is 0.461 e. The van der Waals surface area contributed by atoms with Crippen LogP contribution in [0, 0.1) is 17.8 Å². The van der Waals surface area contributed by atoms with Crippen LogP contribution in [0.1, 0.15) is 83.6 Å². The van der Waals surface area contributed by atoms with Gasteiger partial charge in [-0.15, -0.1) is 0 Å². The van der Waals surface area contributed by atoms with Gasteiger partial charge in [0.25, 0.3) is 0 Å². The van der Waals surface area contributed by atoms with Crippen LogP contribution in [-0.4, -0.2) is 23.5 Å². The molecule has 1 aliphatic rings. The number of Topliss-reactive ketones (excluding diaryl/α,β-unsaturated/α-hetero) is 1. The van der Waals surface area contributed by atoms with Gasteiger partial charge < -0.3 is 4.74 Å². The third kappa shape index (κ3) is 9.47. The monoisotopic (exact) mass is 476 g/mol. The zero-order chi connectivity index (χ0) is 25.0. The number of ketones is 2. The minimum atomic E-state index is -3.29. The SMILES string of the molecule is CCC(C)CC(F)(F)C(=O)CC[C@@H]1C=CC(=O)[C@@H]1CCCCCCC(=O)OCc1ccccc1. The van der Waals surface area contributed by atoms with Gasteiger partial charge >= 0.3 is 11.9 Å². The average molecular weight is 477 g/mol. The summed E-state index contributed by atoms with van der Waals surface area (Å²) in [7, 11) is 0. The molecule has 0 amide bonds. The molecule has 0 saturated heterocycles. The van der Waals surface area contributed by atoms with Crippen molar-refractivity contribution in [3.63, 3.8) is 0 Å². The van der Waals surface area contributed by atoms with Crippen LogP contribution < -0.4 is 0 Å². The quantitative estimate of drug-likeness (QED) is 0.193. The lowest BCUT2D eigenvalue weighted by molar-refractivity contribution is -0.146. The summed E-state index contributed by atoms with van der Waals surface area (Å²) < 4.78 is 33.6. The maximum Gasteiger partial charge on any atom is 0.306 e. The van der Waals surface area contributed by atoms with Crippen molar-refractivity contribution >= 4 is 17.5 Å². The molecular formula is C28H38F2O4. The summed E-state index contributed by atoms with van der Waals surface area (Å²) in [5.41, 5.74) is 0.959. The number of alkyl halides is 2. The summed E-state index contributed by atoms with van der Waals surface area (Å²) in [5, 5.41) is 0. The molecule has 1 unspecified atom stereocenters. The zero-order valence-corrected chi connectivity index (χ0v) is 20.4. The Morgan fingerprint density at radius 1 is 1.03 bits per heavy atom. The minimum Gasteiger partial charge on any atom is -0.461 e. The molecule has 0 spiro atoms. The summed E-state index contributed by atoms with van der Waals surface area (Å²) in [6, 6.07) is 9.54. The van der Waals surface area contributed by atoms with Crippen molar-refractivity contribution < 1.29 is 27.9 Å². The smallest absolute Gasteiger partial charge is 0.306 e. The number of ether oxygens (including phenoxy) is 1. The van der Waals surface area contributed by atoms with Crippen molar-refractivity contribution in [3.05, 3.63) is 48.0 Å². The lowest BCUT2D eigenvalue weighted by atomic mass is 9.85. The van der Waals surface area contributed by atoms with E-state index in [1.54, 1.807) is 13.0 Å². The number of hydrogen-bond acceptors (Lipinski definition) is 4. The molecule has 0 saturated carbocycles. The highest BCUT2D eigenvalue weighted by Gasteiger charge is 2.40. The van der Waals surface area contributed by atoms with Crippen molar-refractivity contribution in [1.82, 2.24) is 0 Å². The average Bonchev–Trinajstić information content (AvgIpc) is 3.17. The Labute approximate surface area is 202 Å². The fourth-order valence-corrected chi connectivity index (χ4v) is 4.31. The number of allylic oxidation sites excluding steroid dienone is 2. The first-order valence-corrected chi connectivity index (χ1v) is 12.6. The van der Waals surface area contributed by atoms with Crippen LogP contribution >= 0.6 is 0 Å². The number of halogens is 2. The van der Waals surface area contributed by atoms with E-state index in [2.05, 4.69) is 0 Å². The van der Waals surface area contributed by atoms with E-state index in [-0.39, 0.29) is 49.0 Å². The number of hydrogen-bond donors (Lipinski definition) is 0. The Hall–Kier alpha value is -2.37. The van der Waals surface area contributed by atoms with Gasteiger partial charge in [-0.3, -0.25) is 14.4 Å². The molecule has 0 radical (unpaired) electrons. The molecule has 6 heteroatoms. The summed E-state index contributed by atoms with van der Waals surface area (Å²) in [5.74, 6) is -5.08. The predicted octanol–water partition coefficient (Wildman–Crippen LogP) is 6.86. The van der Waals surface area contributed by atoms with Gasteiger partial charge in [0.15, 0.2) is 5.78 Å². The van der Waals surface area contributed by atoms with E-state index in [4.69, 9.17) is 4.74 Å². The molecule has 0 heterocycles. The second kappa shape index (κ2) is 14.1. The van der Waals surface area contributed by atoms with E-state index in [0.717, 1.165) is 31.2 Å². The van der Waals surface area contributed by atoms with Gasteiger partial charge in [0.05, 0.1) is 0 Å². The van der Waals surface area contributed by atoms with Gasteiger partial charge in [-0.1, -0.05) is 75.9 Å². The first-order valence-electron chi connectivity index (χ1n) is 12.6. The Balaban J connectivity index is 1.62. The van der Waals surface area contributed by atoms with Crippen LogP contribution in [0.2, 0.25) is 0 Å². The van der Waals surface area contributed by atoms with Crippen LogP contribution in [0.5, 0.6) is 0 Å². The molecule has 1 aliphatic carbocycles. The molecular weight excluding hydrogens is 438 g/mol. The Morgan fingerprint density at radius 3 is 2.44 bits per heavy atom. The van der Waals surface area contributed by atoms with Gasteiger partial charge in [0.1, 0.15) is 6.61 Å². The maximum absolute atomic E-state index is 14.1. The van der Waals surface area contributed by atoms with Gasteiger partial charge in [0, 0.05) is 25.2 Å². The fraction of sp³-hybridized carbons (Fsp3) is 0.607. The molecule has 34 heavy (non-hydrogen) atoms. The first-order chi connectivity index (χ1) is 16.2. The van der Waals surface area contributed by atoms with E-state index in [1.165, 1.54) is 6.08 Å². The van der Waals surface area contributed by atoms with Crippen LogP contribution in [0.15, 0.2) is 42.5 Å². The van der Waals surface area contributed by atoms with Gasteiger partial charge in [-0.25, -0.2) is 0 Å². The molecule has 1 aromatic rings. The van der Waals surface area contributed by atoms with Crippen molar-refractivity contribution in [2.24, 2.45) is 17.8 Å². The van der Waals surface area contributed by atoms with Crippen molar-refractivity contribution in [2.45, 2.75) is 90.6 Å². The maximum atomic E-state index is 14.1. The molecule has 0 fully saturated rings. The van der Waals surface area contributed by atoms with E-state index < -0.39 is 18.1 Å². The Kier molecular flexibility index (Phi) is 11.6. The number of benzene rings is 1. The molecule has 2 rings (SSSR count). The van der Waals surface area contributed by atoms with E-state index in [9.17, 15) is 23.2 Å². The van der Waals surface area contributed by atoms with E-state index in [1.807, 2.05) is 37.3 Å². The summed E-state index contributed by atoms with van der Waals surface area (Å²) in [4.78, 5) is 36.2. The van der Waals surface area contributed by atoms with Crippen molar-refractivity contribution in [2.75, 3.05) is 0 Å². The standard InChI is InChI=1S/C28H38F2O4/c1-3-21(2)19-28(29,30)26(32)18-16-23-15-17-25(31)24(23)13-9-4-5-10-14-27(33)34-20-22-11-7-6-8-12-22/h6-8,11-12,15,17,21,23-24H,3-5,9-10,13-14,16,18-20H2,1-2H3/t21?,23-,24+/m0/s1. The van der Waals surface area contributed by atoms with Crippen molar-refractivity contribution in [3.8, 4) is 0 Å². The third-order valence-electron chi connectivity index (χ3n) is 6.69. The second-order valence-electron chi connectivity index (χ2n) is 9.51. The highest BCUT2D eigenvalue weighted by molar-refractivity contribution is 5.94. The second-order valence-corrected chi connectivity index (χ2v) is 9.51. The van der Waals surface area contributed by atoms with Gasteiger partial charge in [0.2, 0.25) is 5.78 Å². The van der Waals surface area contributed by atoms with Gasteiger partial charge in [-0.2, -0.15) is 8.78 Å². The first kappa shape index (κ1) is 27.9. The Morgan fingerprint density at radius 2 is 1.74 bits per heavy atom. The summed E-state index contributed by atoms with van der Waals surface area (Å²) in [6.45, 7) is 3.84. The number of esters is 1. The molecule has 1 aromatic carbocycles. The number of unbranched alkanes of at least 4 members (excludes halogenated alkanes) is 3. The molecule has 188 valence electrons. The molecule has 0 bridgehead atoms. The third-order valence-corrected chi connectivity index (χ3v) is 6.69. The summed E-state index contributed by atoms with van der Waals surface area (Å²) in [6.07, 6.45) is 7.93. The fourth-order valence-electron chi connectivity index (χ4n) is 4.31. The van der Waals surface area contributed by atoms with Crippen LogP contribution in [-0.2, 0) is 25.7 Å². The zero-order valence-electron chi connectivity index (χ0n) is 20.4. The molecule has 3 atom stereocenters. The lowest BCUT2D eigenvalue weighted by Crippen LogP contribution is -2.31. The number of carbonyl (C=O) groups is 3. The Bertz CT molecular complexity index is 819. The number of carbonyl (C=O) groups excluding carboxylic acids is 3. The summed E-state index contributed by atoms with van der Waals surface area (Å²) >= 11 is 0. The van der Waals surface area contributed by atoms with Gasteiger partial charge in [-0.05, 0) is 42.7 Å². The van der Waals surface area contributed by atoms with E-state index >= 15 is 0 Å². The molecule has 0 N–H and O–H groups in total.